The third-order valence-corrected chi connectivity index (χ3v) is 2.54. The number of carbonyl (C=O) groups excluding carboxylic acids is 1. The lowest BCUT2D eigenvalue weighted by molar-refractivity contribution is -0.385. The molecular formula is C11H14N2O4. The number of nitrogens with zero attached hydrogens (tertiary/aromatic N) is 2. The first kappa shape index (κ1) is 13.0. The molecule has 0 fully saturated rings. The van der Waals surface area contributed by atoms with E-state index in [1.54, 1.807) is 7.05 Å². The molecule has 0 unspecified atom stereocenters. The maximum absolute atomic E-state index is 11.9. The second-order valence-corrected chi connectivity index (χ2v) is 3.94. The van der Waals surface area contributed by atoms with Crippen LogP contribution in [0, 0.1) is 10.1 Å². The van der Waals surface area contributed by atoms with Gasteiger partial charge in [-0.2, -0.15) is 0 Å². The third kappa shape index (κ3) is 2.52. The zero-order valence-electron chi connectivity index (χ0n) is 9.88. The summed E-state index contributed by atoms with van der Waals surface area (Å²) in [5.74, 6) is -1.03. The van der Waals surface area contributed by atoms with Gasteiger partial charge in [0.25, 0.3) is 5.91 Å². The van der Waals surface area contributed by atoms with Crippen LogP contribution < -0.4 is 0 Å². The van der Waals surface area contributed by atoms with Gasteiger partial charge in [0.15, 0.2) is 0 Å². The number of aromatic hydroxyl groups is 1. The van der Waals surface area contributed by atoms with Gasteiger partial charge >= 0.3 is 5.69 Å². The molecule has 17 heavy (non-hydrogen) atoms. The van der Waals surface area contributed by atoms with Gasteiger partial charge in [-0.05, 0) is 19.9 Å². The first-order valence-corrected chi connectivity index (χ1v) is 5.09. The number of phenolic OH excluding ortho intramolecular Hbond substituents is 1. The van der Waals surface area contributed by atoms with Crippen LogP contribution in [-0.2, 0) is 0 Å². The van der Waals surface area contributed by atoms with E-state index >= 15 is 0 Å². The number of amides is 1. The summed E-state index contributed by atoms with van der Waals surface area (Å²) < 4.78 is 0. The van der Waals surface area contributed by atoms with E-state index in [0.717, 1.165) is 6.07 Å². The summed E-state index contributed by atoms with van der Waals surface area (Å²) in [5.41, 5.74) is -0.525. The molecule has 6 heteroatoms. The van der Waals surface area contributed by atoms with Crippen molar-refractivity contribution in [3.8, 4) is 5.75 Å². The highest BCUT2D eigenvalue weighted by Crippen LogP contribution is 2.30. The summed E-state index contributed by atoms with van der Waals surface area (Å²) in [7, 11) is 1.57. The van der Waals surface area contributed by atoms with Crippen molar-refractivity contribution in [2.24, 2.45) is 0 Å². The molecule has 0 aliphatic heterocycles. The van der Waals surface area contributed by atoms with E-state index < -0.39 is 22.3 Å². The van der Waals surface area contributed by atoms with Crippen molar-refractivity contribution in [3.05, 3.63) is 33.9 Å². The summed E-state index contributed by atoms with van der Waals surface area (Å²) in [5, 5.41) is 20.3. The Bertz CT molecular complexity index is 457. The summed E-state index contributed by atoms with van der Waals surface area (Å²) in [6, 6.07) is 3.84. The normalized spacial score (nSPS) is 10.4. The topological polar surface area (TPSA) is 83.7 Å². The standard InChI is InChI=1S/C11H14N2O4/c1-7(2)12(3)11(15)8-5-4-6-9(10(8)14)13(16)17/h4-7,14H,1-3H3. The Morgan fingerprint density at radius 3 is 2.53 bits per heavy atom. The fourth-order valence-corrected chi connectivity index (χ4v) is 1.28. The quantitative estimate of drug-likeness (QED) is 0.642. The van der Waals surface area contributed by atoms with Crippen molar-refractivity contribution in [2.75, 3.05) is 7.05 Å². The van der Waals surface area contributed by atoms with Crippen LogP contribution in [0.1, 0.15) is 24.2 Å². The van der Waals surface area contributed by atoms with Crippen molar-refractivity contribution < 1.29 is 14.8 Å². The average molecular weight is 238 g/mol. The fourth-order valence-electron chi connectivity index (χ4n) is 1.28. The van der Waals surface area contributed by atoms with Crippen LogP contribution in [0.2, 0.25) is 0 Å². The summed E-state index contributed by atoms with van der Waals surface area (Å²) in [6.07, 6.45) is 0. The Balaban J connectivity index is 3.20. The van der Waals surface area contributed by atoms with Crippen LogP contribution in [0.3, 0.4) is 0 Å². The highest BCUT2D eigenvalue weighted by atomic mass is 16.6. The molecule has 1 aromatic carbocycles. The minimum absolute atomic E-state index is 0.0545. The zero-order chi connectivity index (χ0) is 13.2. The Hall–Kier alpha value is -2.11. The van der Waals surface area contributed by atoms with E-state index in [9.17, 15) is 20.0 Å². The highest BCUT2D eigenvalue weighted by Gasteiger charge is 2.23. The Labute approximate surface area is 98.6 Å². The molecule has 1 N–H and O–H groups in total. The van der Waals surface area contributed by atoms with Crippen LogP contribution >= 0.6 is 0 Å². The number of rotatable bonds is 3. The number of phenols is 1. The molecule has 0 radical (unpaired) electrons. The van der Waals surface area contributed by atoms with Crippen LogP contribution in [0.15, 0.2) is 18.2 Å². The van der Waals surface area contributed by atoms with Gasteiger partial charge in [0, 0.05) is 19.2 Å². The number of carbonyl (C=O) groups is 1. The number of nitro benzene ring substituents is 1. The molecule has 1 rings (SSSR count). The van der Waals surface area contributed by atoms with Crippen molar-refractivity contribution in [3.63, 3.8) is 0 Å². The Morgan fingerprint density at radius 1 is 1.47 bits per heavy atom. The summed E-state index contributed by atoms with van der Waals surface area (Å²) in [6.45, 7) is 3.62. The number of benzene rings is 1. The largest absolute Gasteiger partial charge is 0.502 e. The minimum Gasteiger partial charge on any atom is -0.502 e. The molecule has 92 valence electrons. The van der Waals surface area contributed by atoms with Gasteiger partial charge in [0.05, 0.1) is 10.5 Å². The fraction of sp³-hybridized carbons (Fsp3) is 0.364. The molecule has 1 amide bonds. The van der Waals surface area contributed by atoms with Gasteiger partial charge < -0.3 is 10.0 Å². The molecule has 0 saturated carbocycles. The maximum atomic E-state index is 11.9. The lowest BCUT2D eigenvalue weighted by atomic mass is 10.1. The molecule has 0 aromatic heterocycles. The predicted molar refractivity (Wildman–Crippen MR) is 62.0 cm³/mol. The zero-order valence-corrected chi connectivity index (χ0v) is 9.88. The van der Waals surface area contributed by atoms with Crippen LogP contribution in [0.25, 0.3) is 0 Å². The smallest absolute Gasteiger partial charge is 0.311 e. The molecule has 0 atom stereocenters. The number of para-hydroxylation sites is 1. The maximum Gasteiger partial charge on any atom is 0.311 e. The van der Waals surface area contributed by atoms with Crippen molar-refractivity contribution in [1.82, 2.24) is 4.90 Å². The van der Waals surface area contributed by atoms with Gasteiger partial charge in [-0.15, -0.1) is 0 Å². The third-order valence-electron chi connectivity index (χ3n) is 2.54. The first-order valence-electron chi connectivity index (χ1n) is 5.09. The molecule has 0 aliphatic rings. The molecule has 0 saturated heterocycles. The van der Waals surface area contributed by atoms with Crippen molar-refractivity contribution in [1.29, 1.82) is 0 Å². The highest BCUT2D eigenvalue weighted by molar-refractivity contribution is 5.98. The summed E-state index contributed by atoms with van der Waals surface area (Å²) in [4.78, 5) is 23.2. The van der Waals surface area contributed by atoms with E-state index in [1.807, 2.05) is 13.8 Å². The number of hydrogen-bond acceptors (Lipinski definition) is 4. The van der Waals surface area contributed by atoms with Gasteiger partial charge in [0.2, 0.25) is 5.75 Å². The average Bonchev–Trinajstić information content (AvgIpc) is 2.26. The van der Waals surface area contributed by atoms with E-state index in [0.29, 0.717) is 0 Å². The van der Waals surface area contributed by atoms with Gasteiger partial charge in [-0.3, -0.25) is 14.9 Å². The number of nitro groups is 1. The van der Waals surface area contributed by atoms with E-state index in [4.69, 9.17) is 0 Å². The van der Waals surface area contributed by atoms with E-state index in [2.05, 4.69) is 0 Å². The van der Waals surface area contributed by atoms with Gasteiger partial charge in [0.1, 0.15) is 0 Å². The minimum atomic E-state index is -0.721. The molecule has 0 heterocycles. The lowest BCUT2D eigenvalue weighted by Crippen LogP contribution is -2.33. The number of hydrogen-bond donors (Lipinski definition) is 1. The van der Waals surface area contributed by atoms with E-state index in [1.165, 1.54) is 17.0 Å². The molecule has 0 bridgehead atoms. The molecule has 1 aromatic rings. The predicted octanol–water partition coefficient (Wildman–Crippen LogP) is 1.78. The Morgan fingerprint density at radius 2 is 2.06 bits per heavy atom. The molecule has 6 nitrogen and oxygen atoms in total. The molecular weight excluding hydrogens is 224 g/mol. The van der Waals surface area contributed by atoms with Crippen LogP contribution in [0.4, 0.5) is 5.69 Å². The Kier molecular flexibility index (Phi) is 3.67. The van der Waals surface area contributed by atoms with Crippen molar-refractivity contribution >= 4 is 11.6 Å². The van der Waals surface area contributed by atoms with Gasteiger partial charge in [-0.1, -0.05) is 6.07 Å². The molecule has 0 aliphatic carbocycles. The second kappa shape index (κ2) is 4.82. The lowest BCUT2D eigenvalue weighted by Gasteiger charge is -2.21. The first-order chi connectivity index (χ1) is 7.86. The SMILES string of the molecule is CC(C)N(C)C(=O)c1cccc([N+](=O)[O-])c1O. The molecule has 0 spiro atoms. The second-order valence-electron chi connectivity index (χ2n) is 3.94. The van der Waals surface area contributed by atoms with Crippen molar-refractivity contribution in [2.45, 2.75) is 19.9 Å². The summed E-state index contributed by atoms with van der Waals surface area (Å²) >= 11 is 0. The van der Waals surface area contributed by atoms with Crippen LogP contribution in [-0.4, -0.2) is 33.9 Å². The van der Waals surface area contributed by atoms with Gasteiger partial charge in [-0.25, -0.2) is 0 Å². The van der Waals surface area contributed by atoms with Crippen LogP contribution in [0.5, 0.6) is 5.75 Å². The van der Waals surface area contributed by atoms with E-state index in [-0.39, 0.29) is 11.6 Å². The monoisotopic (exact) mass is 238 g/mol.